The van der Waals surface area contributed by atoms with Gasteiger partial charge >= 0.3 is 0 Å². The molecule has 458 valence electrons. The SMILES string of the molecule is CC(C)(C)c1ccc2c(c1)c1cc(C(C)(C)C)ccc1n2-c1ccc2c(c1)N(c1ccccc1)c1cc3c(c4c1B2c1ccc(-n2c5ccc(C(C)(C)C)cc5c5cc(C(C)(C)C)ccc52)cc1N4c1ccccc1)-c1ccccc1C3(c1ccccc1)c1ccccc1. The Labute approximate surface area is 554 Å². The van der Waals surface area contributed by atoms with E-state index in [-0.39, 0.29) is 28.4 Å². The van der Waals surface area contributed by atoms with Crippen molar-refractivity contribution in [1.82, 2.24) is 9.13 Å². The molecule has 1 aliphatic carbocycles. The molecule has 0 fully saturated rings. The highest BCUT2D eigenvalue weighted by Gasteiger charge is 2.53. The summed E-state index contributed by atoms with van der Waals surface area (Å²) in [4.78, 5) is 5.29. The Bertz CT molecular complexity index is 5220. The first kappa shape index (κ1) is 57.8. The van der Waals surface area contributed by atoms with Crippen molar-refractivity contribution < 1.29 is 0 Å². The van der Waals surface area contributed by atoms with Crippen molar-refractivity contribution in [3.8, 4) is 22.5 Å². The van der Waals surface area contributed by atoms with Crippen molar-refractivity contribution in [2.24, 2.45) is 0 Å². The molecule has 0 spiro atoms. The zero-order chi connectivity index (χ0) is 64.5. The number of hydrogen-bond acceptors (Lipinski definition) is 2. The number of benzene rings is 12. The average Bonchev–Trinajstić information content (AvgIpc) is 1.37. The van der Waals surface area contributed by atoms with Crippen LogP contribution in [0, 0.1) is 0 Å². The van der Waals surface area contributed by atoms with Crippen LogP contribution in [-0.4, -0.2) is 15.8 Å². The lowest BCUT2D eigenvalue weighted by molar-refractivity contribution is 0.590. The van der Waals surface area contributed by atoms with E-state index in [9.17, 15) is 0 Å². The molecular formula is C89H79BN4. The number of fused-ring (bicyclic) bond motifs is 14. The third-order valence-electron chi connectivity index (χ3n) is 21.2. The summed E-state index contributed by atoms with van der Waals surface area (Å²) in [6.07, 6.45) is 0. The van der Waals surface area contributed by atoms with E-state index >= 15 is 0 Å². The van der Waals surface area contributed by atoms with Gasteiger partial charge in [0.1, 0.15) is 0 Å². The third-order valence-corrected chi connectivity index (χ3v) is 21.2. The molecule has 94 heavy (non-hydrogen) atoms. The van der Waals surface area contributed by atoms with Crippen LogP contribution >= 0.6 is 0 Å². The monoisotopic (exact) mass is 1210 g/mol. The number of nitrogens with zero attached hydrogens (tertiary/aromatic N) is 4. The Morgan fingerprint density at radius 2 is 0.660 bits per heavy atom. The van der Waals surface area contributed by atoms with Crippen LogP contribution in [0.4, 0.5) is 34.1 Å². The minimum absolute atomic E-state index is 0.0262. The van der Waals surface area contributed by atoms with E-state index in [1.54, 1.807) is 0 Å². The number of anilines is 6. The predicted octanol–water partition coefficient (Wildman–Crippen LogP) is 21.5. The Morgan fingerprint density at radius 3 is 1.06 bits per heavy atom. The molecule has 5 heteroatoms. The van der Waals surface area contributed by atoms with Gasteiger partial charge in [-0.2, -0.15) is 0 Å². The highest BCUT2D eigenvalue weighted by Crippen LogP contribution is 2.62. The molecule has 17 rings (SSSR count). The number of para-hydroxylation sites is 2. The number of aromatic nitrogens is 2. The lowest BCUT2D eigenvalue weighted by atomic mass is 9.33. The van der Waals surface area contributed by atoms with Crippen LogP contribution in [0.15, 0.2) is 261 Å². The zero-order valence-electron chi connectivity index (χ0n) is 56.2. The van der Waals surface area contributed by atoms with Gasteiger partial charge in [0.15, 0.2) is 0 Å². The van der Waals surface area contributed by atoms with Gasteiger partial charge < -0.3 is 18.9 Å². The van der Waals surface area contributed by atoms with Gasteiger partial charge in [0.2, 0.25) is 0 Å². The molecule has 4 heterocycles. The van der Waals surface area contributed by atoms with Gasteiger partial charge in [0, 0.05) is 66.9 Å². The van der Waals surface area contributed by atoms with Gasteiger partial charge in [-0.25, -0.2) is 0 Å². The lowest BCUT2D eigenvalue weighted by Gasteiger charge is -2.46. The van der Waals surface area contributed by atoms with Crippen LogP contribution in [0.1, 0.15) is 128 Å². The summed E-state index contributed by atoms with van der Waals surface area (Å²) in [6.45, 7) is 27.8. The molecule has 0 unspecified atom stereocenters. The van der Waals surface area contributed by atoms with Crippen molar-refractivity contribution in [3.05, 3.63) is 305 Å². The third kappa shape index (κ3) is 8.52. The van der Waals surface area contributed by atoms with Crippen molar-refractivity contribution in [2.45, 2.75) is 110 Å². The minimum Gasteiger partial charge on any atom is -0.311 e. The fourth-order valence-corrected chi connectivity index (χ4v) is 16.4. The zero-order valence-corrected chi connectivity index (χ0v) is 56.2. The summed E-state index contributed by atoms with van der Waals surface area (Å²) in [5.74, 6) is 0. The molecule has 0 saturated heterocycles. The Morgan fingerprint density at radius 1 is 0.298 bits per heavy atom. The molecule has 0 N–H and O–H groups in total. The molecule has 2 aliphatic heterocycles. The van der Waals surface area contributed by atoms with Gasteiger partial charge in [0.05, 0.1) is 33.2 Å². The largest absolute Gasteiger partial charge is 0.311 e. The fourth-order valence-electron chi connectivity index (χ4n) is 16.4. The summed E-state index contributed by atoms with van der Waals surface area (Å²) in [7, 11) is 0. The summed E-state index contributed by atoms with van der Waals surface area (Å²) >= 11 is 0. The quantitative estimate of drug-likeness (QED) is 0.154. The topological polar surface area (TPSA) is 16.3 Å². The van der Waals surface area contributed by atoms with Gasteiger partial charge in [-0.3, -0.25) is 0 Å². The number of rotatable bonds is 6. The summed E-state index contributed by atoms with van der Waals surface area (Å²) in [5.41, 5.74) is 29.8. The van der Waals surface area contributed by atoms with Crippen LogP contribution in [0.25, 0.3) is 66.1 Å². The van der Waals surface area contributed by atoms with Crippen LogP contribution in [0.5, 0.6) is 0 Å². The second-order valence-electron chi connectivity index (χ2n) is 31.0. The maximum Gasteiger partial charge on any atom is 0.252 e. The van der Waals surface area contributed by atoms with Crippen molar-refractivity contribution >= 4 is 101 Å². The van der Waals surface area contributed by atoms with E-state index in [1.807, 2.05) is 0 Å². The van der Waals surface area contributed by atoms with Crippen molar-refractivity contribution in [2.75, 3.05) is 9.80 Å². The predicted molar refractivity (Wildman–Crippen MR) is 401 cm³/mol. The molecule has 0 amide bonds. The molecular weight excluding hydrogens is 1140 g/mol. The molecule has 4 nitrogen and oxygen atoms in total. The molecule has 12 aromatic carbocycles. The maximum atomic E-state index is 2.66. The van der Waals surface area contributed by atoms with E-state index in [2.05, 4.69) is 363 Å². The van der Waals surface area contributed by atoms with E-state index in [4.69, 9.17) is 0 Å². The molecule has 0 saturated carbocycles. The highest BCUT2D eigenvalue weighted by atomic mass is 15.2. The summed E-state index contributed by atoms with van der Waals surface area (Å²) < 4.78 is 5.09. The van der Waals surface area contributed by atoms with Crippen LogP contribution < -0.4 is 26.2 Å². The van der Waals surface area contributed by atoms with E-state index in [0.717, 1.165) is 34.1 Å². The molecule has 0 bridgehead atoms. The summed E-state index contributed by atoms with van der Waals surface area (Å²) in [5, 5.41) is 5.11. The lowest BCUT2D eigenvalue weighted by Crippen LogP contribution is -2.61. The first-order valence-electron chi connectivity index (χ1n) is 33.8. The number of hydrogen-bond donors (Lipinski definition) is 0. The molecule has 0 radical (unpaired) electrons. The van der Waals surface area contributed by atoms with Crippen LogP contribution in [0.2, 0.25) is 0 Å². The van der Waals surface area contributed by atoms with Crippen LogP contribution in [-0.2, 0) is 27.1 Å². The molecule has 2 aromatic heterocycles. The van der Waals surface area contributed by atoms with Crippen molar-refractivity contribution in [3.63, 3.8) is 0 Å². The molecule has 3 aliphatic rings. The Hall–Kier alpha value is -10.1. The van der Waals surface area contributed by atoms with Gasteiger partial charge in [0.25, 0.3) is 6.71 Å². The van der Waals surface area contributed by atoms with Gasteiger partial charge in [-0.05, 0) is 191 Å². The first-order chi connectivity index (χ1) is 45.2. The average molecular weight is 1220 g/mol. The normalized spacial score (nSPS) is 14.2. The van der Waals surface area contributed by atoms with Crippen LogP contribution in [0.3, 0.4) is 0 Å². The molecule has 0 atom stereocenters. The second kappa shape index (κ2) is 20.5. The van der Waals surface area contributed by atoms with E-state index < -0.39 is 5.41 Å². The van der Waals surface area contributed by atoms with Gasteiger partial charge in [-0.15, -0.1) is 0 Å². The van der Waals surface area contributed by atoms with Crippen molar-refractivity contribution in [1.29, 1.82) is 0 Å². The summed E-state index contributed by atoms with van der Waals surface area (Å²) in [6, 6.07) is 101. The highest BCUT2D eigenvalue weighted by molar-refractivity contribution is 7.00. The smallest absolute Gasteiger partial charge is 0.252 e. The fraction of sp³-hybridized carbons (Fsp3) is 0.191. The second-order valence-corrected chi connectivity index (χ2v) is 31.0. The van der Waals surface area contributed by atoms with E-state index in [1.165, 1.54) is 127 Å². The molecule has 14 aromatic rings. The minimum atomic E-state index is -0.702. The first-order valence-corrected chi connectivity index (χ1v) is 33.8. The van der Waals surface area contributed by atoms with E-state index in [0.29, 0.717) is 0 Å². The van der Waals surface area contributed by atoms with Gasteiger partial charge in [-0.1, -0.05) is 241 Å². The standard InChI is InChI=1S/C89H79BN4/c1-85(2,3)58-37-45-75-67(49-58)68-50-59(86(4,5)6)38-46-76(68)92(75)64-41-43-73-79(53-64)91(62-31-21-15-22-32-62)81-55-72-82(66-35-25-26-36-71(66)89(72,56-27-17-13-18-28-56)57-29-19-14-20-30-57)84-83(81)90(73)74-44-42-65(54-80(74)94(84)63-33-23-16-24-34-63)93-77-47-39-60(87(7,8)9)51-69(77)70-52-61(88(10,11)12)40-48-78(70)93/h13-55H,1-12H3. The Kier molecular flexibility index (Phi) is 12.6. The Balaban J connectivity index is 1.02. The maximum absolute atomic E-state index is 2.66.